The SMILES string of the molecule is [C-]#[N+][C@@H]1C(O)[C@H](CO[P@](=O)(C[C@@H](C)C(=O)OC(C)C)Oc2ccccc2)O[C@@H]1n1cc(C)c(=O)[nH]c1=O. The second-order valence-corrected chi connectivity index (χ2v) is 11.1. The molecule has 0 spiro atoms. The molecule has 2 aromatic rings. The van der Waals surface area contributed by atoms with Crippen LogP contribution in [0.15, 0.2) is 46.1 Å². The molecular formula is C24H30N3O9P. The van der Waals surface area contributed by atoms with Crippen molar-refractivity contribution in [3.63, 3.8) is 0 Å². The number of esters is 1. The lowest BCUT2D eigenvalue weighted by Crippen LogP contribution is -2.37. The summed E-state index contributed by atoms with van der Waals surface area (Å²) >= 11 is 0. The van der Waals surface area contributed by atoms with Crippen LogP contribution in [0, 0.1) is 19.4 Å². The number of aromatic amines is 1. The zero-order valence-corrected chi connectivity index (χ0v) is 21.8. The van der Waals surface area contributed by atoms with E-state index in [9.17, 15) is 24.1 Å². The van der Waals surface area contributed by atoms with Crippen molar-refractivity contribution in [1.29, 1.82) is 0 Å². The maximum atomic E-state index is 13.7. The Labute approximate surface area is 213 Å². The Morgan fingerprint density at radius 3 is 2.57 bits per heavy atom. The van der Waals surface area contributed by atoms with E-state index in [4.69, 9.17) is 25.1 Å². The molecule has 1 unspecified atom stereocenters. The van der Waals surface area contributed by atoms with Crippen LogP contribution in [-0.4, -0.2) is 57.7 Å². The zero-order chi connectivity index (χ0) is 27.3. The molecule has 1 aromatic heterocycles. The molecule has 0 bridgehead atoms. The van der Waals surface area contributed by atoms with Gasteiger partial charge in [0.05, 0.1) is 24.8 Å². The van der Waals surface area contributed by atoms with Crippen molar-refractivity contribution in [3.05, 3.63) is 74.3 Å². The quantitative estimate of drug-likeness (QED) is 0.265. The lowest BCUT2D eigenvalue weighted by Gasteiger charge is -2.24. The molecule has 13 heteroatoms. The Kier molecular flexibility index (Phi) is 9.10. The highest BCUT2D eigenvalue weighted by Crippen LogP contribution is 2.50. The molecule has 200 valence electrons. The molecule has 1 aliphatic heterocycles. The number of hydrogen-bond donors (Lipinski definition) is 2. The first-order valence-corrected chi connectivity index (χ1v) is 13.4. The molecule has 2 N–H and O–H groups in total. The maximum absolute atomic E-state index is 13.7. The summed E-state index contributed by atoms with van der Waals surface area (Å²) in [5.74, 6) is -1.17. The number of benzene rings is 1. The fourth-order valence-electron chi connectivity index (χ4n) is 3.72. The monoisotopic (exact) mass is 535 g/mol. The smallest absolute Gasteiger partial charge is 0.380 e. The van der Waals surface area contributed by atoms with E-state index in [-0.39, 0.29) is 23.6 Å². The Balaban J connectivity index is 1.81. The number of aliphatic hydroxyl groups excluding tert-OH is 1. The minimum atomic E-state index is -4.00. The van der Waals surface area contributed by atoms with Gasteiger partial charge in [0.2, 0.25) is 6.23 Å². The highest BCUT2D eigenvalue weighted by Gasteiger charge is 2.51. The van der Waals surface area contributed by atoms with Crippen molar-refractivity contribution >= 4 is 13.6 Å². The number of H-pyrrole nitrogens is 1. The van der Waals surface area contributed by atoms with Crippen LogP contribution in [-0.2, 0) is 23.4 Å². The molecule has 12 nitrogen and oxygen atoms in total. The molecule has 0 saturated carbocycles. The van der Waals surface area contributed by atoms with Crippen LogP contribution in [0.1, 0.15) is 32.6 Å². The van der Waals surface area contributed by atoms with Gasteiger partial charge in [0.25, 0.3) is 11.6 Å². The molecule has 0 amide bonds. The first-order chi connectivity index (χ1) is 17.4. The normalized spacial score (nSPS) is 23.7. The molecule has 2 heterocycles. The number of rotatable bonds is 10. The van der Waals surface area contributed by atoms with Gasteiger partial charge in [-0.1, -0.05) is 25.1 Å². The van der Waals surface area contributed by atoms with Gasteiger partial charge in [0, 0.05) is 11.8 Å². The second kappa shape index (κ2) is 11.9. The van der Waals surface area contributed by atoms with Gasteiger partial charge < -0.3 is 23.9 Å². The van der Waals surface area contributed by atoms with E-state index in [1.165, 1.54) is 20.0 Å². The average Bonchev–Trinajstić information content (AvgIpc) is 3.15. The Morgan fingerprint density at radius 1 is 1.27 bits per heavy atom. The first-order valence-electron chi connectivity index (χ1n) is 11.6. The van der Waals surface area contributed by atoms with E-state index in [1.54, 1.807) is 44.2 Å². The summed E-state index contributed by atoms with van der Waals surface area (Å²) in [4.78, 5) is 41.9. The number of carbonyl (C=O) groups is 1. The van der Waals surface area contributed by atoms with Crippen LogP contribution in [0.2, 0.25) is 0 Å². The fourth-order valence-corrected chi connectivity index (χ4v) is 5.59. The molecule has 1 fully saturated rings. The van der Waals surface area contributed by atoms with Gasteiger partial charge in [-0.3, -0.25) is 23.7 Å². The van der Waals surface area contributed by atoms with Crippen molar-refractivity contribution < 1.29 is 33.0 Å². The number of carbonyl (C=O) groups excluding carboxylic acids is 1. The van der Waals surface area contributed by atoms with E-state index in [0.29, 0.717) is 0 Å². The number of ether oxygens (including phenoxy) is 2. The van der Waals surface area contributed by atoms with Gasteiger partial charge >= 0.3 is 19.3 Å². The average molecular weight is 535 g/mol. The lowest BCUT2D eigenvalue weighted by atomic mass is 10.1. The van der Waals surface area contributed by atoms with Crippen molar-refractivity contribution in [2.75, 3.05) is 12.8 Å². The highest BCUT2D eigenvalue weighted by atomic mass is 31.2. The van der Waals surface area contributed by atoms with E-state index in [1.807, 2.05) is 0 Å². The summed E-state index contributed by atoms with van der Waals surface area (Å²) in [6.45, 7) is 13.4. The van der Waals surface area contributed by atoms with E-state index in [0.717, 1.165) is 4.57 Å². The van der Waals surface area contributed by atoms with Crippen molar-refractivity contribution in [2.24, 2.45) is 5.92 Å². The standard InChI is InChI=1S/C24H30N3O9P/c1-14(2)34-23(30)16(4)13-37(32,36-17-9-7-6-8-10-17)33-12-18-20(28)19(25-5)22(35-18)27-11-15(3)21(29)26-24(27)31/h6-11,14,16,18-20,22,28H,12-13H2,1-4H3,(H,26,29,31)/t16-,18+,19-,20?,22+,37-/m1/s1. The zero-order valence-electron chi connectivity index (χ0n) is 20.9. The van der Waals surface area contributed by atoms with Gasteiger partial charge in [-0.2, -0.15) is 0 Å². The number of nitrogens with zero attached hydrogens (tertiary/aromatic N) is 2. The minimum absolute atomic E-state index is 0.212. The third kappa shape index (κ3) is 6.96. The number of aromatic nitrogens is 2. The van der Waals surface area contributed by atoms with Crippen LogP contribution < -0.4 is 15.8 Å². The maximum Gasteiger partial charge on any atom is 0.380 e. The molecule has 6 atom stereocenters. The van der Waals surface area contributed by atoms with Crippen LogP contribution >= 0.6 is 7.60 Å². The predicted octanol–water partition coefficient (Wildman–Crippen LogP) is 2.27. The molecule has 0 radical (unpaired) electrons. The van der Waals surface area contributed by atoms with E-state index in [2.05, 4.69) is 9.83 Å². The summed E-state index contributed by atoms with van der Waals surface area (Å²) in [5, 5.41) is 10.7. The second-order valence-electron chi connectivity index (χ2n) is 9.03. The number of nitrogens with one attached hydrogen (secondary N) is 1. The number of aliphatic hydroxyl groups is 1. The summed E-state index contributed by atoms with van der Waals surface area (Å²) in [5.41, 5.74) is -1.18. The molecular weight excluding hydrogens is 505 g/mol. The summed E-state index contributed by atoms with van der Waals surface area (Å²) < 4.78 is 37.1. The van der Waals surface area contributed by atoms with Crippen molar-refractivity contribution in [3.8, 4) is 5.75 Å². The van der Waals surface area contributed by atoms with Crippen molar-refractivity contribution in [1.82, 2.24) is 9.55 Å². The lowest BCUT2D eigenvalue weighted by molar-refractivity contribution is -0.151. The van der Waals surface area contributed by atoms with Crippen LogP contribution in [0.25, 0.3) is 4.85 Å². The van der Waals surface area contributed by atoms with Gasteiger partial charge in [0.15, 0.2) is 6.10 Å². The number of hydrogen-bond acceptors (Lipinski definition) is 9. The molecule has 0 aliphatic carbocycles. The van der Waals surface area contributed by atoms with Crippen LogP contribution in [0.4, 0.5) is 0 Å². The molecule has 1 aromatic carbocycles. The Hall–Kier alpha value is -3.23. The molecule has 1 saturated heterocycles. The van der Waals surface area contributed by atoms with Gasteiger partial charge in [0.1, 0.15) is 11.9 Å². The topological polar surface area (TPSA) is 151 Å². The van der Waals surface area contributed by atoms with Gasteiger partial charge in [-0.25, -0.2) is 15.9 Å². The number of para-hydroxylation sites is 1. The fraction of sp³-hybridized carbons (Fsp3) is 0.500. The summed E-state index contributed by atoms with van der Waals surface area (Å²) in [6, 6.07) is 7.04. The molecule has 3 rings (SSSR count). The minimum Gasteiger partial charge on any atom is -0.463 e. The number of aryl methyl sites for hydroxylation is 1. The van der Waals surface area contributed by atoms with Crippen LogP contribution in [0.5, 0.6) is 5.75 Å². The van der Waals surface area contributed by atoms with E-state index < -0.39 is 61.8 Å². The van der Waals surface area contributed by atoms with Crippen molar-refractivity contribution in [2.45, 2.75) is 58.3 Å². The molecule has 1 aliphatic rings. The van der Waals surface area contributed by atoms with Crippen LogP contribution in [0.3, 0.4) is 0 Å². The third-order valence-electron chi connectivity index (χ3n) is 5.58. The highest BCUT2D eigenvalue weighted by molar-refractivity contribution is 7.54. The summed E-state index contributed by atoms with van der Waals surface area (Å²) in [7, 11) is -4.00. The molecule has 37 heavy (non-hydrogen) atoms. The Morgan fingerprint density at radius 2 is 1.95 bits per heavy atom. The van der Waals surface area contributed by atoms with E-state index >= 15 is 0 Å². The van der Waals surface area contributed by atoms with Gasteiger partial charge in [-0.05, 0) is 32.9 Å². The third-order valence-corrected chi connectivity index (χ3v) is 7.61. The predicted molar refractivity (Wildman–Crippen MR) is 132 cm³/mol. The Bertz CT molecular complexity index is 1300. The largest absolute Gasteiger partial charge is 0.463 e. The first kappa shape index (κ1) is 28.3. The summed E-state index contributed by atoms with van der Waals surface area (Å²) in [6.07, 6.45) is -3.23. The van der Waals surface area contributed by atoms with Gasteiger partial charge in [-0.15, -0.1) is 0 Å².